The van der Waals surface area contributed by atoms with E-state index < -0.39 is 0 Å². The SMILES string of the molecule is O=C(c1ccccc1)c1nnn(Cc2ccccc2)c1-c1ccc(Cl)cc1. The van der Waals surface area contributed by atoms with Crippen molar-refractivity contribution in [1.29, 1.82) is 0 Å². The number of hydrogen-bond donors (Lipinski definition) is 0. The standard InChI is InChI=1S/C22H16ClN3O/c23-19-13-11-17(12-14-19)21-20(22(27)18-9-5-2-6-10-18)24-25-26(21)15-16-7-3-1-4-8-16/h1-14H,15H2. The largest absolute Gasteiger partial charge is 0.287 e. The van der Waals surface area contributed by atoms with Gasteiger partial charge in [-0.05, 0) is 17.7 Å². The lowest BCUT2D eigenvalue weighted by molar-refractivity contribution is 0.103. The maximum absolute atomic E-state index is 13.0. The van der Waals surface area contributed by atoms with E-state index in [1.165, 1.54) is 0 Å². The quantitative estimate of drug-likeness (QED) is 0.468. The van der Waals surface area contributed by atoms with E-state index in [9.17, 15) is 4.79 Å². The lowest BCUT2D eigenvalue weighted by Gasteiger charge is -2.09. The number of benzene rings is 3. The van der Waals surface area contributed by atoms with E-state index in [1.54, 1.807) is 28.9 Å². The molecule has 1 heterocycles. The van der Waals surface area contributed by atoms with Crippen LogP contribution in [0.2, 0.25) is 5.02 Å². The van der Waals surface area contributed by atoms with Crippen LogP contribution in [0.25, 0.3) is 11.3 Å². The molecule has 0 aliphatic heterocycles. The molecule has 4 aromatic rings. The number of hydrogen-bond acceptors (Lipinski definition) is 3. The minimum atomic E-state index is -0.153. The second-order valence-corrected chi connectivity index (χ2v) is 6.57. The Morgan fingerprint density at radius 3 is 2.15 bits per heavy atom. The van der Waals surface area contributed by atoms with E-state index in [1.807, 2.05) is 60.7 Å². The normalized spacial score (nSPS) is 10.7. The Balaban J connectivity index is 1.82. The summed E-state index contributed by atoms with van der Waals surface area (Å²) in [5.74, 6) is -0.153. The first-order valence-electron chi connectivity index (χ1n) is 8.55. The van der Waals surface area contributed by atoms with Gasteiger partial charge in [-0.2, -0.15) is 0 Å². The Hall–Kier alpha value is -3.24. The van der Waals surface area contributed by atoms with E-state index in [4.69, 9.17) is 11.6 Å². The van der Waals surface area contributed by atoms with Gasteiger partial charge in [-0.1, -0.05) is 89.6 Å². The van der Waals surface area contributed by atoms with Crippen LogP contribution in [0.15, 0.2) is 84.9 Å². The minimum Gasteiger partial charge on any atom is -0.287 e. The number of carbonyl (C=O) groups is 1. The molecule has 0 bridgehead atoms. The highest BCUT2D eigenvalue weighted by molar-refractivity contribution is 6.30. The van der Waals surface area contributed by atoms with Gasteiger partial charge in [0.1, 0.15) is 5.69 Å². The van der Waals surface area contributed by atoms with Gasteiger partial charge in [-0.3, -0.25) is 4.79 Å². The van der Waals surface area contributed by atoms with Crippen molar-refractivity contribution in [3.05, 3.63) is 107 Å². The summed E-state index contributed by atoms with van der Waals surface area (Å²) in [6, 6.07) is 26.4. The van der Waals surface area contributed by atoms with Crippen molar-refractivity contribution in [2.75, 3.05) is 0 Å². The van der Waals surface area contributed by atoms with Gasteiger partial charge in [-0.25, -0.2) is 4.68 Å². The van der Waals surface area contributed by atoms with Gasteiger partial charge in [0.25, 0.3) is 0 Å². The lowest BCUT2D eigenvalue weighted by atomic mass is 10.0. The van der Waals surface area contributed by atoms with E-state index in [2.05, 4.69) is 10.3 Å². The van der Waals surface area contributed by atoms with Crippen molar-refractivity contribution >= 4 is 17.4 Å². The summed E-state index contributed by atoms with van der Waals surface area (Å²) in [7, 11) is 0. The molecule has 27 heavy (non-hydrogen) atoms. The highest BCUT2D eigenvalue weighted by Gasteiger charge is 2.22. The summed E-state index contributed by atoms with van der Waals surface area (Å²) in [5.41, 5.74) is 3.53. The summed E-state index contributed by atoms with van der Waals surface area (Å²) in [5, 5.41) is 9.12. The van der Waals surface area contributed by atoms with Gasteiger partial charge in [0.2, 0.25) is 5.78 Å². The van der Waals surface area contributed by atoms with Crippen molar-refractivity contribution in [1.82, 2.24) is 15.0 Å². The van der Waals surface area contributed by atoms with Gasteiger partial charge in [0.05, 0.1) is 6.54 Å². The average molecular weight is 374 g/mol. The van der Waals surface area contributed by atoms with E-state index in [-0.39, 0.29) is 5.78 Å². The second-order valence-electron chi connectivity index (χ2n) is 6.13. The molecule has 3 aromatic carbocycles. The maximum Gasteiger partial charge on any atom is 0.215 e. The first-order chi connectivity index (χ1) is 13.2. The summed E-state index contributed by atoms with van der Waals surface area (Å²) in [4.78, 5) is 13.0. The fraction of sp³-hybridized carbons (Fsp3) is 0.0455. The molecule has 0 radical (unpaired) electrons. The molecule has 0 spiro atoms. The van der Waals surface area contributed by atoms with Crippen LogP contribution in [0.4, 0.5) is 0 Å². The monoisotopic (exact) mass is 373 g/mol. The molecule has 0 saturated heterocycles. The molecular weight excluding hydrogens is 358 g/mol. The molecule has 1 aromatic heterocycles. The topological polar surface area (TPSA) is 47.8 Å². The smallest absolute Gasteiger partial charge is 0.215 e. The molecule has 0 fully saturated rings. The number of aromatic nitrogens is 3. The van der Waals surface area contributed by atoms with Crippen molar-refractivity contribution in [3.63, 3.8) is 0 Å². The van der Waals surface area contributed by atoms with Crippen molar-refractivity contribution in [2.45, 2.75) is 6.54 Å². The van der Waals surface area contributed by atoms with Crippen LogP contribution in [-0.2, 0) is 6.54 Å². The van der Waals surface area contributed by atoms with Gasteiger partial charge in [0.15, 0.2) is 5.69 Å². The number of ketones is 1. The highest BCUT2D eigenvalue weighted by Crippen LogP contribution is 2.26. The Kier molecular flexibility index (Phi) is 4.81. The zero-order valence-electron chi connectivity index (χ0n) is 14.4. The molecule has 0 aliphatic rings. The van der Waals surface area contributed by atoms with Crippen LogP contribution in [0.3, 0.4) is 0 Å². The third-order valence-corrected chi connectivity index (χ3v) is 4.53. The predicted octanol–water partition coefficient (Wildman–Crippen LogP) is 4.88. The van der Waals surface area contributed by atoms with Gasteiger partial charge in [-0.15, -0.1) is 5.10 Å². The zero-order chi connectivity index (χ0) is 18.6. The number of rotatable bonds is 5. The van der Waals surface area contributed by atoms with Crippen molar-refractivity contribution in [2.24, 2.45) is 0 Å². The van der Waals surface area contributed by atoms with Crippen LogP contribution >= 0.6 is 11.6 Å². The van der Waals surface area contributed by atoms with E-state index >= 15 is 0 Å². The zero-order valence-corrected chi connectivity index (χ0v) is 15.2. The summed E-state index contributed by atoms with van der Waals surface area (Å²) < 4.78 is 1.76. The third kappa shape index (κ3) is 3.66. The molecule has 4 nitrogen and oxygen atoms in total. The molecule has 5 heteroatoms. The van der Waals surface area contributed by atoms with Gasteiger partial charge >= 0.3 is 0 Å². The maximum atomic E-state index is 13.0. The molecule has 4 rings (SSSR count). The number of halogens is 1. The Labute approximate surface area is 162 Å². The molecule has 0 aliphatic carbocycles. The Morgan fingerprint density at radius 1 is 0.852 bits per heavy atom. The molecule has 132 valence electrons. The predicted molar refractivity (Wildman–Crippen MR) is 106 cm³/mol. The third-order valence-electron chi connectivity index (χ3n) is 4.28. The van der Waals surface area contributed by atoms with Crippen molar-refractivity contribution < 1.29 is 4.79 Å². The second kappa shape index (κ2) is 7.56. The first kappa shape index (κ1) is 17.2. The fourth-order valence-electron chi connectivity index (χ4n) is 2.95. The summed E-state index contributed by atoms with van der Waals surface area (Å²) in [6.07, 6.45) is 0. The van der Waals surface area contributed by atoms with E-state index in [0.717, 1.165) is 11.1 Å². The fourth-order valence-corrected chi connectivity index (χ4v) is 3.08. The molecule has 0 atom stereocenters. The van der Waals surface area contributed by atoms with Crippen LogP contribution in [-0.4, -0.2) is 20.8 Å². The first-order valence-corrected chi connectivity index (χ1v) is 8.93. The Morgan fingerprint density at radius 2 is 1.48 bits per heavy atom. The van der Waals surface area contributed by atoms with E-state index in [0.29, 0.717) is 28.5 Å². The molecule has 0 unspecified atom stereocenters. The molecule has 0 saturated carbocycles. The average Bonchev–Trinajstić information content (AvgIpc) is 3.13. The van der Waals surface area contributed by atoms with Gasteiger partial charge < -0.3 is 0 Å². The van der Waals surface area contributed by atoms with Crippen LogP contribution in [0.5, 0.6) is 0 Å². The summed E-state index contributed by atoms with van der Waals surface area (Å²) in [6.45, 7) is 0.522. The van der Waals surface area contributed by atoms with Crippen LogP contribution < -0.4 is 0 Å². The minimum absolute atomic E-state index is 0.153. The molecule has 0 amide bonds. The van der Waals surface area contributed by atoms with Crippen molar-refractivity contribution in [3.8, 4) is 11.3 Å². The molecular formula is C22H16ClN3O. The number of nitrogens with zero attached hydrogens (tertiary/aromatic N) is 3. The van der Waals surface area contributed by atoms with Crippen LogP contribution in [0.1, 0.15) is 21.6 Å². The Bertz CT molecular complexity index is 1060. The van der Waals surface area contributed by atoms with Crippen LogP contribution in [0, 0.1) is 0 Å². The molecule has 0 N–H and O–H groups in total. The van der Waals surface area contributed by atoms with Gasteiger partial charge in [0, 0.05) is 16.1 Å². The summed E-state index contributed by atoms with van der Waals surface area (Å²) >= 11 is 6.04. The number of carbonyl (C=O) groups excluding carboxylic acids is 1. The lowest BCUT2D eigenvalue weighted by Crippen LogP contribution is -2.07. The highest BCUT2D eigenvalue weighted by atomic mass is 35.5.